The van der Waals surface area contributed by atoms with Crippen LogP contribution < -0.4 is 5.32 Å². The van der Waals surface area contributed by atoms with Crippen molar-refractivity contribution in [2.45, 2.75) is 6.54 Å². The van der Waals surface area contributed by atoms with Crippen LogP contribution in [0, 0.1) is 10.1 Å². The van der Waals surface area contributed by atoms with Crippen LogP contribution in [0.1, 0.15) is 11.5 Å². The smallest absolute Gasteiger partial charge is 0.270 e. The van der Waals surface area contributed by atoms with Gasteiger partial charge in [-0.25, -0.2) is 0 Å². The molecular formula is C18H14N4O4. The summed E-state index contributed by atoms with van der Waals surface area (Å²) in [4.78, 5) is 26.3. The molecule has 0 saturated heterocycles. The Kier molecular flexibility index (Phi) is 5.14. The highest BCUT2D eigenvalue weighted by Gasteiger charge is 2.09. The maximum atomic E-state index is 11.9. The Balaban J connectivity index is 1.57. The van der Waals surface area contributed by atoms with Crippen molar-refractivity contribution < 1.29 is 14.2 Å². The van der Waals surface area contributed by atoms with Crippen molar-refractivity contribution in [3.05, 3.63) is 82.2 Å². The zero-order valence-corrected chi connectivity index (χ0v) is 13.5. The highest BCUT2D eigenvalue weighted by atomic mass is 16.6. The normalized spacial score (nSPS) is 10.8. The maximum Gasteiger partial charge on any atom is 0.270 e. The van der Waals surface area contributed by atoms with Gasteiger partial charge in [0, 0.05) is 23.8 Å². The SMILES string of the molecule is O=C(/C=C/c1cccc([N+](=O)[O-])c1)NCc1nc(-c2ccccc2)no1. The summed E-state index contributed by atoms with van der Waals surface area (Å²) in [6, 6.07) is 15.3. The van der Waals surface area contributed by atoms with E-state index in [1.165, 1.54) is 24.3 Å². The number of nitrogens with one attached hydrogen (secondary N) is 1. The number of nitrogens with zero attached hydrogens (tertiary/aromatic N) is 3. The van der Waals surface area contributed by atoms with E-state index in [1.807, 2.05) is 30.3 Å². The summed E-state index contributed by atoms with van der Waals surface area (Å²) in [6.07, 6.45) is 2.78. The molecule has 0 aliphatic heterocycles. The van der Waals surface area contributed by atoms with Crippen LogP contribution in [0.4, 0.5) is 5.69 Å². The minimum atomic E-state index is -0.489. The van der Waals surface area contributed by atoms with Crippen LogP contribution >= 0.6 is 0 Å². The van der Waals surface area contributed by atoms with Gasteiger partial charge in [0.1, 0.15) is 0 Å². The van der Waals surface area contributed by atoms with Gasteiger partial charge in [0.2, 0.25) is 17.6 Å². The quantitative estimate of drug-likeness (QED) is 0.415. The van der Waals surface area contributed by atoms with Crippen molar-refractivity contribution in [1.29, 1.82) is 0 Å². The van der Waals surface area contributed by atoms with E-state index in [-0.39, 0.29) is 24.0 Å². The molecule has 1 heterocycles. The minimum Gasteiger partial charge on any atom is -0.343 e. The van der Waals surface area contributed by atoms with Crippen molar-refractivity contribution in [1.82, 2.24) is 15.5 Å². The second-order valence-corrected chi connectivity index (χ2v) is 5.28. The van der Waals surface area contributed by atoms with Gasteiger partial charge >= 0.3 is 0 Å². The van der Waals surface area contributed by atoms with Gasteiger partial charge in [-0.3, -0.25) is 14.9 Å². The third kappa shape index (κ3) is 4.38. The topological polar surface area (TPSA) is 111 Å². The molecule has 1 aromatic heterocycles. The Hall–Kier alpha value is -3.81. The maximum absolute atomic E-state index is 11.9. The molecule has 8 nitrogen and oxygen atoms in total. The lowest BCUT2D eigenvalue weighted by Gasteiger charge is -1.97. The van der Waals surface area contributed by atoms with Crippen molar-refractivity contribution >= 4 is 17.7 Å². The standard InChI is InChI=1S/C18H14N4O4/c23-16(10-9-13-5-4-8-15(11-13)22(24)25)19-12-17-20-18(21-26-17)14-6-2-1-3-7-14/h1-11H,12H2,(H,19,23)/b10-9+. The molecule has 0 saturated carbocycles. The van der Waals surface area contributed by atoms with E-state index in [1.54, 1.807) is 12.1 Å². The summed E-state index contributed by atoms with van der Waals surface area (Å²) in [5.41, 5.74) is 1.34. The van der Waals surface area contributed by atoms with Crippen LogP contribution in [0.3, 0.4) is 0 Å². The molecule has 0 aliphatic carbocycles. The summed E-state index contributed by atoms with van der Waals surface area (Å²) in [5, 5.41) is 17.2. The van der Waals surface area contributed by atoms with Crippen molar-refractivity contribution in [2.24, 2.45) is 0 Å². The first kappa shape index (κ1) is 17.0. The number of non-ortho nitro benzene ring substituents is 1. The van der Waals surface area contributed by atoms with Gasteiger partial charge in [0.05, 0.1) is 11.5 Å². The second-order valence-electron chi connectivity index (χ2n) is 5.28. The largest absolute Gasteiger partial charge is 0.343 e. The van der Waals surface area contributed by atoms with E-state index in [0.717, 1.165) is 5.56 Å². The van der Waals surface area contributed by atoms with Crippen LogP contribution in [0.15, 0.2) is 65.2 Å². The van der Waals surface area contributed by atoms with Gasteiger partial charge in [-0.1, -0.05) is 47.6 Å². The highest BCUT2D eigenvalue weighted by Crippen LogP contribution is 2.15. The van der Waals surface area contributed by atoms with E-state index >= 15 is 0 Å². The number of hydrogen-bond donors (Lipinski definition) is 1. The molecule has 0 atom stereocenters. The molecule has 130 valence electrons. The van der Waals surface area contributed by atoms with Crippen LogP contribution in [0.5, 0.6) is 0 Å². The molecular weight excluding hydrogens is 336 g/mol. The first-order chi connectivity index (χ1) is 12.6. The molecule has 2 aromatic carbocycles. The lowest BCUT2D eigenvalue weighted by atomic mass is 10.2. The van der Waals surface area contributed by atoms with Gasteiger partial charge in [-0.2, -0.15) is 4.98 Å². The fourth-order valence-corrected chi connectivity index (χ4v) is 2.17. The number of carbonyl (C=O) groups excluding carboxylic acids is 1. The molecule has 0 aliphatic rings. The first-order valence-corrected chi connectivity index (χ1v) is 7.70. The second kappa shape index (κ2) is 7.84. The Morgan fingerprint density at radius 3 is 2.77 bits per heavy atom. The molecule has 0 unspecified atom stereocenters. The van der Waals surface area contributed by atoms with Crippen molar-refractivity contribution in [2.75, 3.05) is 0 Å². The molecule has 3 rings (SSSR count). The molecule has 1 N–H and O–H groups in total. The zero-order valence-electron chi connectivity index (χ0n) is 13.5. The molecule has 0 spiro atoms. The van der Waals surface area contributed by atoms with Gasteiger partial charge in [0.15, 0.2) is 0 Å². The Morgan fingerprint density at radius 2 is 2.00 bits per heavy atom. The van der Waals surface area contributed by atoms with E-state index in [9.17, 15) is 14.9 Å². The van der Waals surface area contributed by atoms with Crippen LogP contribution in [-0.2, 0) is 11.3 Å². The predicted octanol–water partition coefficient (Wildman–Crippen LogP) is 2.97. The molecule has 1 amide bonds. The minimum absolute atomic E-state index is 0.0353. The third-order valence-electron chi connectivity index (χ3n) is 3.42. The summed E-state index contributed by atoms with van der Waals surface area (Å²) in [6.45, 7) is 0.0813. The summed E-state index contributed by atoms with van der Waals surface area (Å²) >= 11 is 0. The Morgan fingerprint density at radius 1 is 1.19 bits per heavy atom. The van der Waals surface area contributed by atoms with E-state index in [4.69, 9.17) is 4.52 Å². The van der Waals surface area contributed by atoms with Gasteiger partial charge in [0.25, 0.3) is 5.69 Å². The number of benzene rings is 2. The lowest BCUT2D eigenvalue weighted by molar-refractivity contribution is -0.384. The summed E-state index contributed by atoms with van der Waals surface area (Å²) < 4.78 is 5.10. The lowest BCUT2D eigenvalue weighted by Crippen LogP contribution is -2.20. The zero-order chi connectivity index (χ0) is 18.4. The van der Waals surface area contributed by atoms with Crippen LogP contribution in [0.25, 0.3) is 17.5 Å². The molecule has 0 radical (unpaired) electrons. The predicted molar refractivity (Wildman–Crippen MR) is 93.7 cm³/mol. The van der Waals surface area contributed by atoms with E-state index < -0.39 is 4.92 Å². The number of rotatable bonds is 6. The number of hydrogen-bond acceptors (Lipinski definition) is 6. The van der Waals surface area contributed by atoms with Crippen LogP contribution in [0.2, 0.25) is 0 Å². The van der Waals surface area contributed by atoms with Crippen molar-refractivity contribution in [3.63, 3.8) is 0 Å². The van der Waals surface area contributed by atoms with E-state index in [2.05, 4.69) is 15.5 Å². The number of amides is 1. The number of nitro benzene ring substituents is 1. The fourth-order valence-electron chi connectivity index (χ4n) is 2.17. The van der Waals surface area contributed by atoms with Gasteiger partial charge in [-0.05, 0) is 11.6 Å². The molecule has 26 heavy (non-hydrogen) atoms. The monoisotopic (exact) mass is 350 g/mol. The number of aromatic nitrogens is 2. The number of nitro groups is 1. The summed E-state index contributed by atoms with van der Waals surface area (Å²) in [5.74, 6) is 0.346. The average molecular weight is 350 g/mol. The Bertz CT molecular complexity index is 951. The Labute approximate surface area is 148 Å². The van der Waals surface area contributed by atoms with Crippen molar-refractivity contribution in [3.8, 4) is 11.4 Å². The van der Waals surface area contributed by atoms with Crippen LogP contribution in [-0.4, -0.2) is 21.0 Å². The molecule has 3 aromatic rings. The van der Waals surface area contributed by atoms with E-state index in [0.29, 0.717) is 11.4 Å². The third-order valence-corrected chi connectivity index (χ3v) is 3.42. The van der Waals surface area contributed by atoms with Gasteiger partial charge < -0.3 is 9.84 Å². The molecule has 0 fully saturated rings. The fraction of sp³-hybridized carbons (Fsp3) is 0.0556. The number of carbonyl (C=O) groups is 1. The summed E-state index contributed by atoms with van der Waals surface area (Å²) in [7, 11) is 0. The molecule has 8 heteroatoms. The average Bonchev–Trinajstić information content (AvgIpc) is 3.15. The first-order valence-electron chi connectivity index (χ1n) is 7.70. The van der Waals surface area contributed by atoms with Gasteiger partial charge in [-0.15, -0.1) is 0 Å². The highest BCUT2D eigenvalue weighted by molar-refractivity contribution is 5.91. The molecule has 0 bridgehead atoms.